The molecule has 25 heavy (non-hydrogen) atoms. The lowest BCUT2D eigenvalue weighted by Crippen LogP contribution is -2.32. The lowest BCUT2D eigenvalue weighted by molar-refractivity contribution is -0.122. The molecule has 1 amide bonds. The molecule has 0 spiro atoms. The van der Waals surface area contributed by atoms with E-state index in [1.54, 1.807) is 19.5 Å². The summed E-state index contributed by atoms with van der Waals surface area (Å²) in [5, 5.41) is 0. The molecule has 6 heteroatoms. The molecule has 132 valence electrons. The maximum Gasteiger partial charge on any atom is 0.222 e. The number of nitrogens with zero attached hydrogens (tertiary/aromatic N) is 2. The number of likely N-dealkylation sites (tertiary alicyclic amines) is 1. The molecule has 1 fully saturated rings. The van der Waals surface area contributed by atoms with Gasteiger partial charge in [0.2, 0.25) is 5.91 Å². The predicted octanol–water partition coefficient (Wildman–Crippen LogP) is 1.70. The third kappa shape index (κ3) is 4.48. The number of rotatable bonds is 7. The Bertz CT molecular complexity index is 708. The van der Waals surface area contributed by atoms with Crippen LogP contribution in [0.4, 0.5) is 0 Å². The molecule has 3 rings (SSSR count). The molecular formula is C19H23N3O3. The van der Waals surface area contributed by atoms with Crippen LogP contribution in [-0.2, 0) is 11.3 Å². The fourth-order valence-corrected chi connectivity index (χ4v) is 3.25. The summed E-state index contributed by atoms with van der Waals surface area (Å²) < 4.78 is 11.1. The van der Waals surface area contributed by atoms with Gasteiger partial charge in [-0.15, -0.1) is 0 Å². The van der Waals surface area contributed by atoms with E-state index in [-0.39, 0.29) is 17.7 Å². The predicted molar refractivity (Wildman–Crippen MR) is 94.2 cm³/mol. The number of carbonyl (C=O) groups excluding carboxylic acids is 1. The van der Waals surface area contributed by atoms with Crippen LogP contribution in [-0.4, -0.2) is 42.6 Å². The van der Waals surface area contributed by atoms with E-state index in [1.807, 2.05) is 30.3 Å². The van der Waals surface area contributed by atoms with Gasteiger partial charge in [0.15, 0.2) is 0 Å². The summed E-state index contributed by atoms with van der Waals surface area (Å²) in [6.07, 6.45) is 3.37. The van der Waals surface area contributed by atoms with Crippen LogP contribution in [0.25, 0.3) is 0 Å². The van der Waals surface area contributed by atoms with Gasteiger partial charge in [0.25, 0.3) is 0 Å². The first-order chi connectivity index (χ1) is 12.2. The number of pyridine rings is 1. The largest absolute Gasteiger partial charge is 0.497 e. The van der Waals surface area contributed by atoms with E-state index in [0.717, 1.165) is 30.2 Å². The van der Waals surface area contributed by atoms with Gasteiger partial charge in [-0.1, -0.05) is 12.1 Å². The van der Waals surface area contributed by atoms with Crippen molar-refractivity contribution in [3.8, 4) is 11.5 Å². The first-order valence-corrected chi connectivity index (χ1v) is 8.33. The monoisotopic (exact) mass is 341 g/mol. The van der Waals surface area contributed by atoms with Crippen molar-refractivity contribution in [1.82, 2.24) is 9.88 Å². The van der Waals surface area contributed by atoms with Gasteiger partial charge in [-0.3, -0.25) is 14.7 Å². The lowest BCUT2D eigenvalue weighted by atomic mass is 9.96. The van der Waals surface area contributed by atoms with E-state index < -0.39 is 0 Å². The third-order valence-corrected chi connectivity index (χ3v) is 4.54. The molecule has 6 nitrogen and oxygen atoms in total. The van der Waals surface area contributed by atoms with E-state index in [2.05, 4.69) is 16.0 Å². The molecule has 2 aromatic rings. The van der Waals surface area contributed by atoms with E-state index in [9.17, 15) is 4.79 Å². The van der Waals surface area contributed by atoms with E-state index in [4.69, 9.17) is 15.2 Å². The first kappa shape index (κ1) is 17.2. The fourth-order valence-electron chi connectivity index (χ4n) is 3.25. The highest BCUT2D eigenvalue weighted by Crippen LogP contribution is 2.26. The molecule has 0 unspecified atom stereocenters. The van der Waals surface area contributed by atoms with Crippen LogP contribution in [0.3, 0.4) is 0 Å². The Kier molecular flexibility index (Phi) is 5.50. The number of methoxy groups -OCH3 is 1. The van der Waals surface area contributed by atoms with E-state index in [0.29, 0.717) is 13.2 Å². The summed E-state index contributed by atoms with van der Waals surface area (Å²) in [5.74, 6) is 1.20. The maximum atomic E-state index is 11.8. The van der Waals surface area contributed by atoms with Crippen molar-refractivity contribution in [2.45, 2.75) is 6.54 Å². The number of benzene rings is 1. The second-order valence-electron chi connectivity index (χ2n) is 6.31. The zero-order valence-corrected chi connectivity index (χ0v) is 14.3. The lowest BCUT2D eigenvalue weighted by Gasteiger charge is -2.17. The van der Waals surface area contributed by atoms with Gasteiger partial charge in [-0.2, -0.15) is 0 Å². The quantitative estimate of drug-likeness (QED) is 0.829. The maximum absolute atomic E-state index is 11.8. The van der Waals surface area contributed by atoms with Crippen LogP contribution in [0, 0.1) is 11.8 Å². The number of aromatic nitrogens is 1. The van der Waals surface area contributed by atoms with Gasteiger partial charge in [-0.25, -0.2) is 0 Å². The average molecular weight is 341 g/mol. The Morgan fingerprint density at radius 1 is 1.24 bits per heavy atom. The van der Waals surface area contributed by atoms with Crippen molar-refractivity contribution in [1.29, 1.82) is 0 Å². The number of nitrogens with two attached hydrogens (primary N) is 1. The molecular weight excluding hydrogens is 318 g/mol. The second-order valence-corrected chi connectivity index (χ2v) is 6.31. The number of hydrogen-bond donors (Lipinski definition) is 1. The highest BCUT2D eigenvalue weighted by molar-refractivity contribution is 5.77. The normalized spacial score (nSPS) is 20.4. The zero-order valence-electron chi connectivity index (χ0n) is 14.3. The average Bonchev–Trinajstić information content (AvgIpc) is 3.04. The van der Waals surface area contributed by atoms with Crippen molar-refractivity contribution < 1.29 is 14.3 Å². The molecule has 0 radical (unpaired) electrons. The molecule has 2 N–H and O–H groups in total. The standard InChI is InChI=1S/C19H23N3O3/c1-24-17-4-2-3-14(9-17)10-22-11-15(18(12-22)19(20)23)13-25-16-5-7-21-8-6-16/h2-9,15,18H,10-13H2,1H3,(H2,20,23)/t15-,18+/m0/s1. The molecule has 1 aliphatic rings. The van der Waals surface area contributed by atoms with E-state index >= 15 is 0 Å². The van der Waals surface area contributed by atoms with Gasteiger partial charge in [0.05, 0.1) is 19.6 Å². The molecule has 2 heterocycles. The number of ether oxygens (including phenoxy) is 2. The van der Waals surface area contributed by atoms with Gasteiger partial charge >= 0.3 is 0 Å². The summed E-state index contributed by atoms with van der Waals surface area (Å²) in [4.78, 5) is 18.0. The second kappa shape index (κ2) is 7.98. The first-order valence-electron chi connectivity index (χ1n) is 8.33. The summed E-state index contributed by atoms with van der Waals surface area (Å²) in [6.45, 7) is 2.64. The minimum atomic E-state index is -0.267. The molecule has 1 aromatic heterocycles. The molecule has 1 saturated heterocycles. The Hall–Kier alpha value is -2.60. The molecule has 2 atom stereocenters. The highest BCUT2D eigenvalue weighted by atomic mass is 16.5. The summed E-state index contributed by atoms with van der Waals surface area (Å²) in [6, 6.07) is 11.6. The fraction of sp³-hybridized carbons (Fsp3) is 0.368. The Balaban J connectivity index is 1.62. The van der Waals surface area contributed by atoms with Crippen LogP contribution in [0.5, 0.6) is 11.5 Å². The topological polar surface area (TPSA) is 77.7 Å². The van der Waals surface area contributed by atoms with Crippen molar-refractivity contribution in [2.24, 2.45) is 17.6 Å². The van der Waals surface area contributed by atoms with Crippen LogP contribution in [0.15, 0.2) is 48.8 Å². The van der Waals surface area contributed by atoms with Gasteiger partial charge in [-0.05, 0) is 29.8 Å². The van der Waals surface area contributed by atoms with Crippen LogP contribution in [0.1, 0.15) is 5.56 Å². The Labute approximate surface area is 147 Å². The third-order valence-electron chi connectivity index (χ3n) is 4.54. The van der Waals surface area contributed by atoms with Gasteiger partial charge in [0.1, 0.15) is 11.5 Å². The summed E-state index contributed by atoms with van der Waals surface area (Å²) in [7, 11) is 1.66. The SMILES string of the molecule is COc1cccc(CN2C[C@@H](COc3ccncc3)[C@H](C(N)=O)C2)c1. The van der Waals surface area contributed by atoms with Crippen LogP contribution in [0.2, 0.25) is 0 Å². The van der Waals surface area contributed by atoms with Crippen molar-refractivity contribution in [2.75, 3.05) is 26.8 Å². The number of hydrogen-bond acceptors (Lipinski definition) is 5. The zero-order chi connectivity index (χ0) is 17.6. The highest BCUT2D eigenvalue weighted by Gasteiger charge is 2.36. The smallest absolute Gasteiger partial charge is 0.222 e. The minimum Gasteiger partial charge on any atom is -0.497 e. The molecule has 0 bridgehead atoms. The van der Waals surface area contributed by atoms with Crippen molar-refractivity contribution in [3.05, 3.63) is 54.4 Å². The van der Waals surface area contributed by atoms with E-state index in [1.165, 1.54) is 0 Å². The van der Waals surface area contributed by atoms with Crippen molar-refractivity contribution >= 4 is 5.91 Å². The molecule has 0 saturated carbocycles. The number of primary amides is 1. The number of carbonyl (C=O) groups is 1. The van der Waals surface area contributed by atoms with Crippen molar-refractivity contribution in [3.63, 3.8) is 0 Å². The van der Waals surface area contributed by atoms with Crippen LogP contribution >= 0.6 is 0 Å². The van der Waals surface area contributed by atoms with Gasteiger partial charge < -0.3 is 15.2 Å². The number of amides is 1. The Morgan fingerprint density at radius 3 is 2.76 bits per heavy atom. The molecule has 1 aliphatic heterocycles. The molecule has 1 aromatic carbocycles. The molecule has 0 aliphatic carbocycles. The minimum absolute atomic E-state index is 0.0799. The summed E-state index contributed by atoms with van der Waals surface area (Å²) >= 11 is 0. The summed E-state index contributed by atoms with van der Waals surface area (Å²) in [5.41, 5.74) is 6.76. The Morgan fingerprint density at radius 2 is 2.04 bits per heavy atom. The van der Waals surface area contributed by atoms with Gasteiger partial charge in [0, 0.05) is 37.9 Å². The van der Waals surface area contributed by atoms with Crippen LogP contribution < -0.4 is 15.2 Å².